The first-order valence-electron chi connectivity index (χ1n) is 12.6. The second kappa shape index (κ2) is 12.4. The van der Waals surface area contributed by atoms with Crippen molar-refractivity contribution in [3.63, 3.8) is 0 Å². The van der Waals surface area contributed by atoms with Crippen molar-refractivity contribution in [3.8, 4) is 11.6 Å². The monoisotopic (exact) mass is 529 g/mol. The van der Waals surface area contributed by atoms with E-state index in [1.807, 2.05) is 75.3 Å². The van der Waals surface area contributed by atoms with Crippen molar-refractivity contribution >= 4 is 39.8 Å². The lowest BCUT2D eigenvalue weighted by Gasteiger charge is -2.26. The van der Waals surface area contributed by atoms with Crippen LogP contribution in [-0.2, 0) is 11.3 Å². The van der Waals surface area contributed by atoms with Crippen molar-refractivity contribution in [1.29, 1.82) is 0 Å². The van der Waals surface area contributed by atoms with Crippen LogP contribution < -0.4 is 25.6 Å². The first kappa shape index (κ1) is 27.6. The van der Waals surface area contributed by atoms with Gasteiger partial charge in [-0.2, -0.15) is 10.1 Å². The number of ether oxygens (including phenoxy) is 1. The third kappa shape index (κ3) is 6.33. The molecular weight excluding hydrogens is 494 g/mol. The van der Waals surface area contributed by atoms with Crippen LogP contribution in [0.2, 0.25) is 0 Å². The van der Waals surface area contributed by atoms with Crippen molar-refractivity contribution in [2.45, 2.75) is 6.54 Å². The number of hydrogen-bond donors (Lipinski definition) is 3. The van der Waals surface area contributed by atoms with Crippen molar-refractivity contribution in [1.82, 2.24) is 30.0 Å². The molecule has 0 aliphatic rings. The van der Waals surface area contributed by atoms with Gasteiger partial charge in [-0.05, 0) is 39.4 Å². The average molecular weight is 530 g/mol. The molecule has 0 fully saturated rings. The number of carbonyl (C=O) groups is 1. The quantitative estimate of drug-likeness (QED) is 0.238. The van der Waals surface area contributed by atoms with Gasteiger partial charge in [-0.25, -0.2) is 9.67 Å². The molecule has 2 heterocycles. The minimum atomic E-state index is -0.311. The van der Waals surface area contributed by atoms with Gasteiger partial charge in [0.05, 0.1) is 35.4 Å². The Kier molecular flexibility index (Phi) is 8.74. The minimum absolute atomic E-state index is 0.311. The molecule has 204 valence electrons. The Morgan fingerprint density at radius 2 is 1.92 bits per heavy atom. The molecule has 0 unspecified atom stereocenters. The smallest absolute Gasteiger partial charge is 0.247 e. The van der Waals surface area contributed by atoms with Gasteiger partial charge in [-0.1, -0.05) is 24.8 Å². The van der Waals surface area contributed by atoms with Crippen LogP contribution in [0.25, 0.3) is 16.7 Å². The Hall–Kier alpha value is -4.48. The van der Waals surface area contributed by atoms with Gasteiger partial charge >= 0.3 is 0 Å². The highest BCUT2D eigenvalue weighted by atomic mass is 16.5. The maximum absolute atomic E-state index is 12.3. The number of para-hydroxylation sites is 1. The highest BCUT2D eigenvalue weighted by Gasteiger charge is 2.17. The number of aromatic nitrogens is 4. The average Bonchev–Trinajstić information content (AvgIpc) is 3.30. The molecule has 4 rings (SSSR count). The summed E-state index contributed by atoms with van der Waals surface area (Å²) in [4.78, 5) is 25.6. The predicted octanol–water partition coefficient (Wildman–Crippen LogP) is 3.41. The molecule has 0 aliphatic carbocycles. The lowest BCUT2D eigenvalue weighted by Crippen LogP contribution is -2.29. The lowest BCUT2D eigenvalue weighted by molar-refractivity contribution is -0.111. The number of fused-ring (bicyclic) bond motifs is 1. The summed E-state index contributed by atoms with van der Waals surface area (Å²) in [5.74, 6) is 1.24. The number of nitrogens with one attached hydrogen (secondary N) is 3. The summed E-state index contributed by atoms with van der Waals surface area (Å²) in [5.41, 5.74) is 3.89. The number of likely N-dealkylation sites (N-methyl/N-ethyl adjacent to an activating group) is 2. The Bertz CT molecular complexity index is 1460. The van der Waals surface area contributed by atoms with Gasteiger partial charge in [0.2, 0.25) is 11.9 Å². The van der Waals surface area contributed by atoms with E-state index < -0.39 is 0 Å². The van der Waals surface area contributed by atoms with Crippen molar-refractivity contribution in [2.24, 2.45) is 0 Å². The second-order valence-electron chi connectivity index (χ2n) is 9.26. The van der Waals surface area contributed by atoms with Gasteiger partial charge in [0.15, 0.2) is 5.82 Å². The van der Waals surface area contributed by atoms with E-state index in [1.54, 1.807) is 13.3 Å². The summed E-state index contributed by atoms with van der Waals surface area (Å²) in [6.45, 7) is 5.81. The van der Waals surface area contributed by atoms with Crippen LogP contribution in [0.4, 0.5) is 23.0 Å². The van der Waals surface area contributed by atoms with Gasteiger partial charge in [-0.15, -0.1) is 0 Å². The molecule has 0 spiro atoms. The molecule has 4 aromatic rings. The third-order valence-electron chi connectivity index (χ3n) is 6.17. The Balaban J connectivity index is 1.71. The molecule has 3 N–H and O–H groups in total. The predicted molar refractivity (Wildman–Crippen MR) is 156 cm³/mol. The highest BCUT2D eigenvalue weighted by Crippen LogP contribution is 2.38. The molecular formula is C28H35N9O2. The number of nitrogens with zero attached hydrogens (tertiary/aromatic N) is 6. The Morgan fingerprint density at radius 1 is 1.13 bits per heavy atom. The van der Waals surface area contributed by atoms with E-state index in [2.05, 4.69) is 37.3 Å². The van der Waals surface area contributed by atoms with Crippen LogP contribution >= 0.6 is 0 Å². The zero-order chi connectivity index (χ0) is 27.9. The number of benzene rings is 2. The fraction of sp³-hybridized carbons (Fsp3) is 0.286. The van der Waals surface area contributed by atoms with E-state index in [0.29, 0.717) is 35.4 Å². The fourth-order valence-corrected chi connectivity index (χ4v) is 4.16. The number of hydrogen-bond acceptors (Lipinski definition) is 9. The minimum Gasteiger partial charge on any atom is -0.494 e. The van der Waals surface area contributed by atoms with Crippen LogP contribution in [0.3, 0.4) is 0 Å². The standard InChI is InChI=1S/C28H35N9O2/c1-7-27(38)31-20-16-21(25(39-6)17-24(20)36(5)15-14-35(3)4)32-28-30-13-12-26(33-28)37-23-11-9-8-10-19(23)22(34-37)18-29-2/h7-13,16-17,29H,1,14-15,18H2,2-6H3,(H,31,38)(H,30,32,33). The van der Waals surface area contributed by atoms with Crippen molar-refractivity contribution in [2.75, 3.05) is 63.9 Å². The summed E-state index contributed by atoms with van der Waals surface area (Å²) in [6, 6.07) is 13.5. The molecule has 11 heteroatoms. The summed E-state index contributed by atoms with van der Waals surface area (Å²) >= 11 is 0. The number of carbonyl (C=O) groups excluding carboxylic acids is 1. The molecule has 2 aromatic heterocycles. The number of anilines is 4. The molecule has 0 saturated heterocycles. The highest BCUT2D eigenvalue weighted by molar-refractivity contribution is 6.02. The van der Waals surface area contributed by atoms with Gasteiger partial charge < -0.3 is 30.5 Å². The number of amides is 1. The van der Waals surface area contributed by atoms with Crippen molar-refractivity contribution < 1.29 is 9.53 Å². The summed E-state index contributed by atoms with van der Waals surface area (Å²) in [6.07, 6.45) is 2.92. The van der Waals surface area contributed by atoms with Gasteiger partial charge in [0.1, 0.15) is 5.75 Å². The van der Waals surface area contributed by atoms with Gasteiger partial charge in [0.25, 0.3) is 0 Å². The molecule has 2 aromatic carbocycles. The van der Waals surface area contributed by atoms with E-state index in [0.717, 1.165) is 35.4 Å². The molecule has 11 nitrogen and oxygen atoms in total. The third-order valence-corrected chi connectivity index (χ3v) is 6.17. The van der Waals surface area contributed by atoms with E-state index in [1.165, 1.54) is 6.08 Å². The van der Waals surface area contributed by atoms with Crippen LogP contribution in [0, 0.1) is 0 Å². The zero-order valence-electron chi connectivity index (χ0n) is 23.0. The van der Waals surface area contributed by atoms with Crippen molar-refractivity contribution in [3.05, 3.63) is 67.0 Å². The Labute approximate surface area is 228 Å². The first-order chi connectivity index (χ1) is 18.8. The summed E-state index contributed by atoms with van der Waals surface area (Å²) < 4.78 is 7.52. The molecule has 0 radical (unpaired) electrons. The van der Waals surface area contributed by atoms with Crippen LogP contribution in [0.1, 0.15) is 5.69 Å². The first-order valence-corrected chi connectivity index (χ1v) is 12.6. The van der Waals surface area contributed by atoms with Crippen LogP contribution in [-0.4, -0.2) is 78.9 Å². The molecule has 39 heavy (non-hydrogen) atoms. The SMILES string of the molecule is C=CC(=O)Nc1cc(Nc2nccc(-n3nc(CNC)c4ccccc43)n2)c(OC)cc1N(C)CCN(C)C. The maximum Gasteiger partial charge on any atom is 0.247 e. The van der Waals surface area contributed by atoms with E-state index in [4.69, 9.17) is 14.8 Å². The molecule has 0 saturated carbocycles. The largest absolute Gasteiger partial charge is 0.494 e. The van der Waals surface area contributed by atoms with Gasteiger partial charge in [-0.3, -0.25) is 4.79 Å². The van der Waals surface area contributed by atoms with E-state index in [9.17, 15) is 4.79 Å². The lowest BCUT2D eigenvalue weighted by atomic mass is 10.2. The summed E-state index contributed by atoms with van der Waals surface area (Å²) in [7, 11) is 9.50. The molecule has 0 aliphatic heterocycles. The zero-order valence-corrected chi connectivity index (χ0v) is 23.0. The number of rotatable bonds is 12. The molecule has 0 bridgehead atoms. The summed E-state index contributed by atoms with van der Waals surface area (Å²) in [5, 5.41) is 15.2. The Morgan fingerprint density at radius 3 is 2.64 bits per heavy atom. The van der Waals surface area contributed by atoms with Gasteiger partial charge in [0, 0.05) is 50.4 Å². The molecule has 1 amide bonds. The molecule has 0 atom stereocenters. The van der Waals surface area contributed by atoms with E-state index >= 15 is 0 Å². The maximum atomic E-state index is 12.3. The van der Waals surface area contributed by atoms with E-state index in [-0.39, 0.29) is 5.91 Å². The number of methoxy groups -OCH3 is 1. The van der Waals surface area contributed by atoms with Crippen LogP contribution in [0.15, 0.2) is 61.3 Å². The fourth-order valence-electron chi connectivity index (χ4n) is 4.16. The normalized spacial score (nSPS) is 11.0. The van der Waals surface area contributed by atoms with Crippen LogP contribution in [0.5, 0.6) is 5.75 Å². The topological polar surface area (TPSA) is 112 Å². The second-order valence-corrected chi connectivity index (χ2v) is 9.26.